The molecule has 0 aliphatic carbocycles. The Balaban J connectivity index is 3.03. The zero-order valence-electron chi connectivity index (χ0n) is 7.52. The normalized spacial score (nSPS) is 11.3. The summed E-state index contributed by atoms with van der Waals surface area (Å²) in [5.41, 5.74) is -0.957. The lowest BCUT2D eigenvalue weighted by Gasteiger charge is -2.08. The van der Waals surface area contributed by atoms with Gasteiger partial charge in [-0.15, -0.1) is 0 Å². The van der Waals surface area contributed by atoms with Crippen molar-refractivity contribution in [3.8, 4) is 0 Å². The molecule has 0 atom stereocenters. The highest BCUT2D eigenvalue weighted by Gasteiger charge is 2.31. The Kier molecular flexibility index (Phi) is 3.18. The highest BCUT2D eigenvalue weighted by Crippen LogP contribution is 2.32. The van der Waals surface area contributed by atoms with Crippen molar-refractivity contribution in [3.05, 3.63) is 22.8 Å². The number of nitrogens with zero attached hydrogens (tertiary/aromatic N) is 1. The van der Waals surface area contributed by atoms with Crippen LogP contribution in [-0.4, -0.2) is 10.9 Å². The van der Waals surface area contributed by atoms with Crippen molar-refractivity contribution >= 4 is 23.3 Å². The van der Waals surface area contributed by atoms with Crippen molar-refractivity contribution in [1.29, 1.82) is 0 Å². The van der Waals surface area contributed by atoms with E-state index in [-0.39, 0.29) is 10.8 Å². The molecule has 0 fully saturated rings. The van der Waals surface area contributed by atoms with Gasteiger partial charge in [-0.25, -0.2) is 4.98 Å². The van der Waals surface area contributed by atoms with Gasteiger partial charge in [-0.3, -0.25) is 4.79 Å². The van der Waals surface area contributed by atoms with Crippen LogP contribution in [0.4, 0.5) is 19.0 Å². The van der Waals surface area contributed by atoms with Crippen LogP contribution in [0.2, 0.25) is 5.02 Å². The number of carbonyl (C=O) groups is 1. The second kappa shape index (κ2) is 4.06. The molecule has 0 spiro atoms. The number of halogens is 4. The molecule has 0 unspecified atom stereocenters. The number of amides is 1. The molecule has 15 heavy (non-hydrogen) atoms. The highest BCUT2D eigenvalue weighted by molar-refractivity contribution is 6.33. The van der Waals surface area contributed by atoms with Gasteiger partial charge in [-0.1, -0.05) is 11.6 Å². The molecule has 82 valence electrons. The van der Waals surface area contributed by atoms with Gasteiger partial charge in [0, 0.05) is 13.1 Å². The number of rotatable bonds is 1. The lowest BCUT2D eigenvalue weighted by atomic mass is 10.3. The van der Waals surface area contributed by atoms with Crippen LogP contribution in [0.1, 0.15) is 12.5 Å². The number of carbonyl (C=O) groups excluding carboxylic acids is 1. The van der Waals surface area contributed by atoms with Gasteiger partial charge in [0.05, 0.1) is 10.6 Å². The Hall–Kier alpha value is -1.30. The first-order valence-corrected chi connectivity index (χ1v) is 4.19. The van der Waals surface area contributed by atoms with Crippen LogP contribution >= 0.6 is 11.6 Å². The second-order valence-electron chi connectivity index (χ2n) is 2.73. The molecule has 7 heteroatoms. The van der Waals surface area contributed by atoms with Crippen molar-refractivity contribution in [3.63, 3.8) is 0 Å². The molecule has 1 aromatic heterocycles. The van der Waals surface area contributed by atoms with Crippen molar-refractivity contribution in [2.45, 2.75) is 13.1 Å². The molecule has 0 bridgehead atoms. The lowest BCUT2D eigenvalue weighted by Crippen LogP contribution is -2.10. The summed E-state index contributed by atoms with van der Waals surface area (Å²) in [6, 6.07) is 0.708. The zero-order chi connectivity index (χ0) is 11.6. The van der Waals surface area contributed by atoms with Crippen LogP contribution in [0.5, 0.6) is 0 Å². The van der Waals surface area contributed by atoms with Crippen molar-refractivity contribution in [1.82, 2.24) is 4.98 Å². The maximum atomic E-state index is 12.2. The van der Waals surface area contributed by atoms with E-state index >= 15 is 0 Å². The molecule has 1 amide bonds. The van der Waals surface area contributed by atoms with Gasteiger partial charge in [0.2, 0.25) is 5.91 Å². The Labute approximate surface area is 88.3 Å². The summed E-state index contributed by atoms with van der Waals surface area (Å²) >= 11 is 5.50. The monoisotopic (exact) mass is 238 g/mol. The van der Waals surface area contributed by atoms with Gasteiger partial charge in [-0.05, 0) is 6.07 Å². The van der Waals surface area contributed by atoms with Crippen LogP contribution in [0.25, 0.3) is 0 Å². The number of alkyl halides is 3. The summed E-state index contributed by atoms with van der Waals surface area (Å²) < 4.78 is 36.5. The summed E-state index contributed by atoms with van der Waals surface area (Å²) in [7, 11) is 0. The molecule has 1 rings (SSSR count). The van der Waals surface area contributed by atoms with E-state index in [0.29, 0.717) is 12.3 Å². The van der Waals surface area contributed by atoms with Crippen molar-refractivity contribution in [2.75, 3.05) is 5.32 Å². The summed E-state index contributed by atoms with van der Waals surface area (Å²) in [6.07, 6.45) is -3.89. The van der Waals surface area contributed by atoms with E-state index in [1.807, 2.05) is 0 Å². The van der Waals surface area contributed by atoms with Crippen LogP contribution in [-0.2, 0) is 11.0 Å². The maximum absolute atomic E-state index is 12.2. The van der Waals surface area contributed by atoms with Gasteiger partial charge in [-0.2, -0.15) is 13.2 Å². The first-order chi connectivity index (χ1) is 6.80. The molecule has 1 N–H and O–H groups in total. The molecule has 1 aromatic rings. The standard InChI is InChI=1S/C8H6ClF3N2O/c1-4(15)14-7-6(9)2-5(3-13-7)8(10,11)12/h2-3H,1H3,(H,13,14,15). The molecular weight excluding hydrogens is 233 g/mol. The van der Waals surface area contributed by atoms with Gasteiger partial charge >= 0.3 is 6.18 Å². The molecule has 0 saturated heterocycles. The Morgan fingerprint density at radius 1 is 1.53 bits per heavy atom. The average molecular weight is 239 g/mol. The predicted molar refractivity (Wildman–Crippen MR) is 48.6 cm³/mol. The van der Waals surface area contributed by atoms with E-state index in [0.717, 1.165) is 0 Å². The smallest absolute Gasteiger partial charge is 0.310 e. The molecular formula is C8H6ClF3N2O. The predicted octanol–water partition coefficient (Wildman–Crippen LogP) is 2.71. The minimum atomic E-state index is -4.49. The number of aromatic nitrogens is 1. The van der Waals surface area contributed by atoms with E-state index < -0.39 is 17.6 Å². The molecule has 0 aromatic carbocycles. The molecule has 0 aliphatic rings. The molecule has 0 aliphatic heterocycles. The Bertz CT molecular complexity index is 392. The topological polar surface area (TPSA) is 42.0 Å². The van der Waals surface area contributed by atoms with Crippen LogP contribution < -0.4 is 5.32 Å². The second-order valence-corrected chi connectivity index (χ2v) is 3.14. The number of hydrogen-bond donors (Lipinski definition) is 1. The van der Waals surface area contributed by atoms with E-state index in [4.69, 9.17) is 11.6 Å². The third-order valence-electron chi connectivity index (χ3n) is 1.46. The van der Waals surface area contributed by atoms with Gasteiger partial charge < -0.3 is 5.32 Å². The summed E-state index contributed by atoms with van der Waals surface area (Å²) in [6.45, 7) is 1.20. The minimum Gasteiger partial charge on any atom is -0.310 e. The highest BCUT2D eigenvalue weighted by atomic mass is 35.5. The average Bonchev–Trinajstić information content (AvgIpc) is 2.05. The first-order valence-electron chi connectivity index (χ1n) is 3.81. The summed E-state index contributed by atoms with van der Waals surface area (Å²) in [4.78, 5) is 14.0. The lowest BCUT2D eigenvalue weighted by molar-refractivity contribution is -0.137. The van der Waals surface area contributed by atoms with E-state index in [2.05, 4.69) is 10.3 Å². The molecule has 0 saturated carbocycles. The van der Waals surface area contributed by atoms with E-state index in [9.17, 15) is 18.0 Å². The molecule has 3 nitrogen and oxygen atoms in total. The third-order valence-corrected chi connectivity index (χ3v) is 1.75. The van der Waals surface area contributed by atoms with Gasteiger partial charge in [0.1, 0.15) is 0 Å². The Morgan fingerprint density at radius 3 is 2.53 bits per heavy atom. The van der Waals surface area contributed by atoms with E-state index in [1.54, 1.807) is 0 Å². The zero-order valence-corrected chi connectivity index (χ0v) is 8.28. The summed E-state index contributed by atoms with van der Waals surface area (Å²) in [5, 5.41) is 1.95. The van der Waals surface area contributed by atoms with Gasteiger partial charge in [0.25, 0.3) is 0 Å². The number of anilines is 1. The fraction of sp³-hybridized carbons (Fsp3) is 0.250. The number of pyridine rings is 1. The number of nitrogens with one attached hydrogen (secondary N) is 1. The first kappa shape index (κ1) is 11.8. The fourth-order valence-corrected chi connectivity index (χ4v) is 1.07. The minimum absolute atomic E-state index is 0.0860. The van der Waals surface area contributed by atoms with Crippen molar-refractivity contribution in [2.24, 2.45) is 0 Å². The van der Waals surface area contributed by atoms with E-state index in [1.165, 1.54) is 6.92 Å². The third kappa shape index (κ3) is 3.09. The molecule has 0 radical (unpaired) electrons. The SMILES string of the molecule is CC(=O)Nc1ncc(C(F)(F)F)cc1Cl. The van der Waals surface area contributed by atoms with Crippen molar-refractivity contribution < 1.29 is 18.0 Å². The van der Waals surface area contributed by atoms with Gasteiger partial charge in [0.15, 0.2) is 5.82 Å². The number of hydrogen-bond acceptors (Lipinski definition) is 2. The maximum Gasteiger partial charge on any atom is 0.417 e. The fourth-order valence-electron chi connectivity index (χ4n) is 0.852. The largest absolute Gasteiger partial charge is 0.417 e. The summed E-state index contributed by atoms with van der Waals surface area (Å²) in [5.74, 6) is -0.540. The van der Waals surface area contributed by atoms with Crippen LogP contribution in [0.3, 0.4) is 0 Å². The molecule has 1 heterocycles. The Morgan fingerprint density at radius 2 is 2.13 bits per heavy atom. The quantitative estimate of drug-likeness (QED) is 0.817. The van der Waals surface area contributed by atoms with Crippen LogP contribution in [0, 0.1) is 0 Å². The van der Waals surface area contributed by atoms with Crippen LogP contribution in [0.15, 0.2) is 12.3 Å².